The summed E-state index contributed by atoms with van der Waals surface area (Å²) in [5.74, 6) is -0.0945. The molecule has 3 rings (SSSR count). The Morgan fingerprint density at radius 2 is 1.37 bits per heavy atom. The Labute approximate surface area is 212 Å². The fraction of sp³-hybridized carbons (Fsp3) is 0.290. The molecule has 4 nitrogen and oxygen atoms in total. The van der Waals surface area contributed by atoms with Gasteiger partial charge in [-0.05, 0) is 52.6 Å². The number of carbonyl (C=O) groups excluding carboxylic acids is 2. The molecule has 0 fully saturated rings. The fourth-order valence-electron chi connectivity index (χ4n) is 3.67. The van der Waals surface area contributed by atoms with Gasteiger partial charge in [0, 0.05) is 27.9 Å². The second kappa shape index (κ2) is 12.7. The lowest BCUT2D eigenvalue weighted by molar-refractivity contribution is -0.121. The quantitative estimate of drug-likeness (QED) is 0.309. The van der Waals surface area contributed by atoms with Gasteiger partial charge in [-0.3, -0.25) is 9.59 Å². The van der Waals surface area contributed by atoms with Gasteiger partial charge in [-0.15, -0.1) is 0 Å². The lowest BCUT2D eigenvalue weighted by Gasteiger charge is -2.19. The summed E-state index contributed by atoms with van der Waals surface area (Å²) in [4.78, 5) is 24.3. The molecule has 2 amide bonds. The van der Waals surface area contributed by atoms with E-state index < -0.39 is 0 Å². The van der Waals surface area contributed by atoms with Gasteiger partial charge >= 0.3 is 0 Å². The van der Waals surface area contributed by atoms with Gasteiger partial charge in [0.25, 0.3) is 0 Å². The summed E-state index contributed by atoms with van der Waals surface area (Å²) < 4.78 is 0. The van der Waals surface area contributed by atoms with Gasteiger partial charge in [-0.1, -0.05) is 99.7 Å². The molecule has 0 heterocycles. The van der Waals surface area contributed by atoms with Gasteiger partial charge in [0.1, 0.15) is 0 Å². The Kier molecular flexibility index (Phi) is 9.42. The summed E-state index contributed by atoms with van der Waals surface area (Å²) in [5.41, 5.74) is 5.62. The summed E-state index contributed by atoms with van der Waals surface area (Å²) in [6.07, 6.45) is 6.09. The minimum atomic E-state index is -0.0793. The van der Waals surface area contributed by atoms with Crippen LogP contribution in [-0.4, -0.2) is 18.4 Å². The van der Waals surface area contributed by atoms with Crippen molar-refractivity contribution >= 4 is 29.7 Å². The molecule has 0 atom stereocenters. The highest BCUT2D eigenvalue weighted by molar-refractivity contribution is 5.91. The first kappa shape index (κ1) is 26.0. The standard InChI is InChI=1S/C31H36N2O2.2H2/c1-31(2,3)27-18-14-26(15-19-27)22-23-32-29(34)10-7-11-30(35)33-28-20-16-25(17-21-28)13-12-24-8-5-4-6-9-24;;/h4-6,8-9,12-21H,7,10-11,22-23H2,1-3H3,(H,32,34)(H,33,35);2*1H/b13-12+;;. The molecule has 0 spiro atoms. The fourth-order valence-corrected chi connectivity index (χ4v) is 3.67. The van der Waals surface area contributed by atoms with Crippen LogP contribution in [0.2, 0.25) is 0 Å². The van der Waals surface area contributed by atoms with E-state index in [1.165, 1.54) is 11.1 Å². The van der Waals surface area contributed by atoms with Crippen LogP contribution in [0.4, 0.5) is 5.69 Å². The third-order valence-electron chi connectivity index (χ3n) is 5.83. The lowest BCUT2D eigenvalue weighted by atomic mass is 9.86. The molecule has 0 radical (unpaired) electrons. The largest absolute Gasteiger partial charge is 0.356 e. The van der Waals surface area contributed by atoms with Gasteiger partial charge < -0.3 is 10.6 Å². The Balaban J connectivity index is 0.00000342. The van der Waals surface area contributed by atoms with Crippen molar-refractivity contribution in [2.45, 2.75) is 51.9 Å². The number of hydrogen-bond donors (Lipinski definition) is 2. The molecule has 0 aromatic heterocycles. The molecule has 2 N–H and O–H groups in total. The molecule has 3 aromatic rings. The maximum absolute atomic E-state index is 12.2. The predicted molar refractivity (Wildman–Crippen MR) is 150 cm³/mol. The Hall–Kier alpha value is -3.66. The first-order valence-electron chi connectivity index (χ1n) is 12.3. The maximum Gasteiger partial charge on any atom is 0.224 e. The van der Waals surface area contributed by atoms with Crippen LogP contribution < -0.4 is 10.6 Å². The van der Waals surface area contributed by atoms with Gasteiger partial charge in [-0.25, -0.2) is 0 Å². The normalized spacial score (nSPS) is 11.4. The molecule has 0 aliphatic carbocycles. The zero-order chi connectivity index (χ0) is 25.1. The summed E-state index contributed by atoms with van der Waals surface area (Å²) in [7, 11) is 0. The van der Waals surface area contributed by atoms with Crippen molar-refractivity contribution in [1.82, 2.24) is 5.32 Å². The highest BCUT2D eigenvalue weighted by Crippen LogP contribution is 2.22. The van der Waals surface area contributed by atoms with E-state index in [1.807, 2.05) is 48.5 Å². The number of carbonyl (C=O) groups is 2. The Morgan fingerprint density at radius 1 is 0.771 bits per heavy atom. The monoisotopic (exact) mass is 472 g/mol. The van der Waals surface area contributed by atoms with E-state index in [9.17, 15) is 9.59 Å². The number of hydrogen-bond acceptors (Lipinski definition) is 2. The summed E-state index contributed by atoms with van der Waals surface area (Å²) in [6, 6.07) is 26.4. The Morgan fingerprint density at radius 3 is 2.00 bits per heavy atom. The van der Waals surface area contributed by atoms with Crippen LogP contribution in [0.5, 0.6) is 0 Å². The topological polar surface area (TPSA) is 58.2 Å². The molecule has 0 bridgehead atoms. The molecule has 0 aliphatic rings. The molecule has 0 unspecified atom stereocenters. The van der Waals surface area contributed by atoms with Crippen LogP contribution in [0.15, 0.2) is 78.9 Å². The van der Waals surface area contributed by atoms with Crippen molar-refractivity contribution in [3.05, 3.63) is 101 Å². The smallest absolute Gasteiger partial charge is 0.224 e. The molecule has 3 aromatic carbocycles. The molecule has 35 heavy (non-hydrogen) atoms. The van der Waals surface area contributed by atoms with Crippen molar-refractivity contribution in [3.8, 4) is 0 Å². The molecular formula is C31H40N2O2. The average Bonchev–Trinajstić information content (AvgIpc) is 2.84. The van der Waals surface area contributed by atoms with Crippen molar-refractivity contribution in [1.29, 1.82) is 0 Å². The zero-order valence-corrected chi connectivity index (χ0v) is 21.0. The first-order chi connectivity index (χ1) is 16.8. The average molecular weight is 473 g/mol. The van der Waals surface area contributed by atoms with Gasteiger partial charge in [0.05, 0.1) is 0 Å². The molecule has 0 saturated heterocycles. The summed E-state index contributed by atoms with van der Waals surface area (Å²) >= 11 is 0. The third-order valence-corrected chi connectivity index (χ3v) is 5.83. The van der Waals surface area contributed by atoms with E-state index in [0.717, 1.165) is 23.2 Å². The van der Waals surface area contributed by atoms with Crippen molar-refractivity contribution < 1.29 is 12.4 Å². The number of benzene rings is 3. The maximum atomic E-state index is 12.2. The van der Waals surface area contributed by atoms with Gasteiger partial charge in [0.15, 0.2) is 0 Å². The number of nitrogens with one attached hydrogen (secondary N) is 2. The van der Waals surface area contributed by atoms with Crippen LogP contribution in [0, 0.1) is 0 Å². The highest BCUT2D eigenvalue weighted by atomic mass is 16.2. The minimum Gasteiger partial charge on any atom is -0.356 e. The third kappa shape index (κ3) is 9.24. The number of anilines is 1. The van der Waals surface area contributed by atoms with Crippen LogP contribution in [0.25, 0.3) is 12.2 Å². The van der Waals surface area contributed by atoms with E-state index >= 15 is 0 Å². The highest BCUT2D eigenvalue weighted by Gasteiger charge is 2.12. The predicted octanol–water partition coefficient (Wildman–Crippen LogP) is 7.11. The van der Waals surface area contributed by atoms with E-state index in [0.29, 0.717) is 25.8 Å². The number of rotatable bonds is 10. The number of amides is 2. The molecule has 0 saturated carbocycles. The Bertz CT molecular complexity index is 1120. The van der Waals surface area contributed by atoms with Crippen LogP contribution >= 0.6 is 0 Å². The SMILES string of the molecule is CC(C)(C)c1ccc(CCNC(=O)CCCC(=O)Nc2ccc(/C=C/c3ccccc3)cc2)cc1.[HH].[HH]. The second-order valence-corrected chi connectivity index (χ2v) is 9.81. The van der Waals surface area contributed by atoms with Gasteiger partial charge in [-0.2, -0.15) is 0 Å². The van der Waals surface area contributed by atoms with Gasteiger partial charge in [0.2, 0.25) is 11.8 Å². The summed E-state index contributed by atoms with van der Waals surface area (Å²) in [6.45, 7) is 7.20. The van der Waals surface area contributed by atoms with Crippen molar-refractivity contribution in [2.24, 2.45) is 0 Å². The van der Waals surface area contributed by atoms with Crippen molar-refractivity contribution in [3.63, 3.8) is 0 Å². The molecule has 186 valence electrons. The zero-order valence-electron chi connectivity index (χ0n) is 21.0. The van der Waals surface area contributed by atoms with Crippen LogP contribution in [0.1, 0.15) is 65.1 Å². The van der Waals surface area contributed by atoms with Crippen molar-refractivity contribution in [2.75, 3.05) is 11.9 Å². The lowest BCUT2D eigenvalue weighted by Crippen LogP contribution is -2.25. The van der Waals surface area contributed by atoms with E-state index in [-0.39, 0.29) is 20.1 Å². The van der Waals surface area contributed by atoms with E-state index in [2.05, 4.69) is 73.9 Å². The van der Waals surface area contributed by atoms with Crippen LogP contribution in [-0.2, 0) is 21.4 Å². The molecular weight excluding hydrogens is 432 g/mol. The second-order valence-electron chi connectivity index (χ2n) is 9.81. The summed E-state index contributed by atoms with van der Waals surface area (Å²) in [5, 5.41) is 5.85. The first-order valence-corrected chi connectivity index (χ1v) is 12.3. The molecule has 0 aliphatic heterocycles. The van der Waals surface area contributed by atoms with E-state index in [4.69, 9.17) is 0 Å². The van der Waals surface area contributed by atoms with E-state index in [1.54, 1.807) is 0 Å². The molecule has 4 heteroatoms. The van der Waals surface area contributed by atoms with Crippen LogP contribution in [0.3, 0.4) is 0 Å². The minimum absolute atomic E-state index is 0.